The van der Waals surface area contributed by atoms with Crippen LogP contribution in [0.3, 0.4) is 0 Å². The first-order chi connectivity index (χ1) is 15.6. The fraction of sp³-hybridized carbons (Fsp3) is 0.261. The number of para-hydroxylation sites is 2. The Morgan fingerprint density at radius 3 is 2.56 bits per heavy atom. The monoisotopic (exact) mass is 427 g/mol. The third-order valence-corrected chi connectivity index (χ3v) is 5.64. The van der Waals surface area contributed by atoms with Gasteiger partial charge in [-0.2, -0.15) is 5.26 Å². The van der Waals surface area contributed by atoms with Crippen LogP contribution in [0.15, 0.2) is 53.3 Å². The Morgan fingerprint density at radius 2 is 1.81 bits per heavy atom. The van der Waals surface area contributed by atoms with Gasteiger partial charge in [-0.3, -0.25) is 4.79 Å². The maximum atomic E-state index is 13.2. The third kappa shape index (κ3) is 3.56. The number of hydrogen-bond acceptors (Lipinski definition) is 6. The van der Waals surface area contributed by atoms with Crippen molar-refractivity contribution < 1.29 is 4.79 Å². The number of hydrogen-bond donors (Lipinski definition) is 1. The molecule has 1 fully saturated rings. The van der Waals surface area contributed by atoms with Crippen molar-refractivity contribution in [3.8, 4) is 6.07 Å². The van der Waals surface area contributed by atoms with E-state index in [1.54, 1.807) is 28.7 Å². The highest BCUT2D eigenvalue weighted by atomic mass is 16.2. The molecule has 1 amide bonds. The van der Waals surface area contributed by atoms with Crippen LogP contribution in [0.5, 0.6) is 0 Å². The molecule has 0 radical (unpaired) electrons. The highest BCUT2D eigenvalue weighted by Gasteiger charge is 2.22. The Hall–Kier alpha value is -4.19. The molecule has 0 spiro atoms. The van der Waals surface area contributed by atoms with E-state index in [9.17, 15) is 9.59 Å². The quantitative estimate of drug-likeness (QED) is 0.536. The average molecular weight is 427 g/mol. The van der Waals surface area contributed by atoms with Gasteiger partial charge in [0.05, 0.1) is 22.7 Å². The van der Waals surface area contributed by atoms with E-state index in [-0.39, 0.29) is 18.1 Å². The highest BCUT2D eigenvalue weighted by Crippen LogP contribution is 2.25. The van der Waals surface area contributed by atoms with Gasteiger partial charge in [0.15, 0.2) is 5.82 Å². The first kappa shape index (κ1) is 19.8. The zero-order valence-electron chi connectivity index (χ0n) is 17.4. The molecule has 3 heterocycles. The van der Waals surface area contributed by atoms with Crippen LogP contribution in [0.2, 0.25) is 0 Å². The highest BCUT2D eigenvalue weighted by molar-refractivity contribution is 5.90. The topological polar surface area (TPSA) is 108 Å². The van der Waals surface area contributed by atoms with E-state index in [1.807, 2.05) is 30.3 Å². The predicted octanol–water partition coefficient (Wildman–Crippen LogP) is 2.54. The summed E-state index contributed by atoms with van der Waals surface area (Å²) in [6.07, 6.45) is 3.31. The number of piperidine rings is 1. The maximum Gasteiger partial charge on any atom is 0.351 e. The number of carbonyl (C=O) groups is 1. The lowest BCUT2D eigenvalue weighted by atomic mass is 10.1. The number of anilines is 2. The van der Waals surface area contributed by atoms with Gasteiger partial charge >= 0.3 is 5.69 Å². The van der Waals surface area contributed by atoms with Gasteiger partial charge in [0.2, 0.25) is 11.6 Å². The van der Waals surface area contributed by atoms with Crippen molar-refractivity contribution in [1.29, 1.82) is 5.26 Å². The number of amides is 1. The molecule has 5 rings (SSSR count). The van der Waals surface area contributed by atoms with E-state index in [4.69, 9.17) is 10.2 Å². The van der Waals surface area contributed by atoms with Crippen LogP contribution >= 0.6 is 0 Å². The lowest BCUT2D eigenvalue weighted by Crippen LogP contribution is -2.31. The summed E-state index contributed by atoms with van der Waals surface area (Å²) in [7, 11) is 0. The van der Waals surface area contributed by atoms with Gasteiger partial charge in [-0.05, 0) is 55.7 Å². The Kier molecular flexibility index (Phi) is 5.03. The summed E-state index contributed by atoms with van der Waals surface area (Å²) in [5, 5.41) is 16.2. The van der Waals surface area contributed by atoms with Gasteiger partial charge in [-0.1, -0.05) is 12.1 Å². The Bertz CT molecular complexity index is 1410. The molecule has 9 nitrogen and oxygen atoms in total. The van der Waals surface area contributed by atoms with Crippen LogP contribution in [0.4, 0.5) is 11.5 Å². The maximum absolute atomic E-state index is 13.2. The fourth-order valence-electron chi connectivity index (χ4n) is 4.07. The first-order valence-corrected chi connectivity index (χ1v) is 10.6. The Balaban J connectivity index is 1.53. The van der Waals surface area contributed by atoms with Crippen molar-refractivity contribution in [3.63, 3.8) is 0 Å². The van der Waals surface area contributed by atoms with Gasteiger partial charge in [0, 0.05) is 18.8 Å². The van der Waals surface area contributed by atoms with Gasteiger partial charge in [0.1, 0.15) is 6.54 Å². The molecule has 1 saturated heterocycles. The van der Waals surface area contributed by atoms with Crippen LogP contribution in [0.25, 0.3) is 16.7 Å². The van der Waals surface area contributed by atoms with E-state index in [0.29, 0.717) is 33.7 Å². The van der Waals surface area contributed by atoms with Crippen molar-refractivity contribution >= 4 is 34.1 Å². The minimum atomic E-state index is -0.383. The Labute approximate surface area is 183 Å². The summed E-state index contributed by atoms with van der Waals surface area (Å²) in [6.45, 7) is 1.50. The van der Waals surface area contributed by atoms with Crippen LogP contribution in [-0.4, -0.2) is 38.2 Å². The molecule has 0 saturated carbocycles. The summed E-state index contributed by atoms with van der Waals surface area (Å²) in [5.74, 6) is 0.295. The summed E-state index contributed by atoms with van der Waals surface area (Å²) in [6, 6.07) is 16.0. The number of carbonyl (C=O) groups excluding carboxylic acids is 1. The molecule has 0 unspecified atom stereocenters. The van der Waals surface area contributed by atoms with E-state index in [0.717, 1.165) is 25.9 Å². The lowest BCUT2D eigenvalue weighted by molar-refractivity contribution is -0.117. The zero-order valence-corrected chi connectivity index (χ0v) is 17.4. The normalized spacial score (nSPS) is 13.9. The van der Waals surface area contributed by atoms with Crippen LogP contribution < -0.4 is 15.9 Å². The summed E-state index contributed by atoms with van der Waals surface area (Å²) in [4.78, 5) is 32.8. The van der Waals surface area contributed by atoms with Gasteiger partial charge < -0.3 is 10.2 Å². The molecule has 0 bridgehead atoms. The van der Waals surface area contributed by atoms with E-state index < -0.39 is 0 Å². The first-order valence-electron chi connectivity index (χ1n) is 10.6. The predicted molar refractivity (Wildman–Crippen MR) is 121 cm³/mol. The van der Waals surface area contributed by atoms with E-state index in [1.165, 1.54) is 11.1 Å². The van der Waals surface area contributed by atoms with Crippen molar-refractivity contribution in [1.82, 2.24) is 19.2 Å². The van der Waals surface area contributed by atoms with Gasteiger partial charge in [0.25, 0.3) is 0 Å². The molecule has 0 atom stereocenters. The minimum absolute atomic E-state index is 0.228. The Morgan fingerprint density at radius 1 is 1.06 bits per heavy atom. The minimum Gasteiger partial charge on any atom is -0.353 e. The molecule has 9 heteroatoms. The molecule has 2 aromatic carbocycles. The van der Waals surface area contributed by atoms with Gasteiger partial charge in [-0.15, -0.1) is 5.10 Å². The molecule has 32 heavy (non-hydrogen) atoms. The fourth-order valence-corrected chi connectivity index (χ4v) is 4.07. The summed E-state index contributed by atoms with van der Waals surface area (Å²) >= 11 is 0. The molecular formula is C23H21N7O2. The van der Waals surface area contributed by atoms with Crippen LogP contribution in [0.1, 0.15) is 24.8 Å². The second-order valence-electron chi connectivity index (χ2n) is 7.81. The van der Waals surface area contributed by atoms with Crippen molar-refractivity contribution in [2.45, 2.75) is 25.8 Å². The second-order valence-corrected chi connectivity index (χ2v) is 7.81. The van der Waals surface area contributed by atoms with Crippen LogP contribution in [0, 0.1) is 11.3 Å². The summed E-state index contributed by atoms with van der Waals surface area (Å²) in [5.41, 5.74) is 2.50. The third-order valence-electron chi connectivity index (χ3n) is 5.64. The second kappa shape index (κ2) is 8.15. The number of nitrogens with zero attached hydrogens (tertiary/aromatic N) is 6. The van der Waals surface area contributed by atoms with Crippen molar-refractivity contribution in [3.05, 3.63) is 64.6 Å². The van der Waals surface area contributed by atoms with E-state index >= 15 is 0 Å². The van der Waals surface area contributed by atoms with Gasteiger partial charge in [-0.25, -0.2) is 18.9 Å². The number of rotatable bonds is 4. The lowest BCUT2D eigenvalue weighted by Gasteiger charge is -2.27. The summed E-state index contributed by atoms with van der Waals surface area (Å²) < 4.78 is 2.72. The largest absolute Gasteiger partial charge is 0.353 e. The molecule has 0 aliphatic carbocycles. The molecular weight excluding hydrogens is 406 g/mol. The SMILES string of the molecule is N#Cc1ccc(NC(=O)Cn2nc3c(N4CCCCC4)nc4ccccc4n3c2=O)cc1. The molecule has 160 valence electrons. The number of nitriles is 1. The van der Waals surface area contributed by atoms with Crippen molar-refractivity contribution in [2.75, 3.05) is 23.3 Å². The zero-order chi connectivity index (χ0) is 22.1. The van der Waals surface area contributed by atoms with Crippen molar-refractivity contribution in [2.24, 2.45) is 0 Å². The molecule has 2 aromatic heterocycles. The number of fused-ring (bicyclic) bond motifs is 3. The molecule has 1 aliphatic rings. The molecule has 4 aromatic rings. The van der Waals surface area contributed by atoms with E-state index in [2.05, 4.69) is 15.3 Å². The number of nitrogens with one attached hydrogen (secondary N) is 1. The average Bonchev–Trinajstić information content (AvgIpc) is 3.15. The number of benzene rings is 2. The smallest absolute Gasteiger partial charge is 0.351 e. The molecule has 1 aliphatic heterocycles. The van der Waals surface area contributed by atoms with Crippen LogP contribution in [-0.2, 0) is 11.3 Å². The number of aromatic nitrogens is 4. The molecule has 1 N–H and O–H groups in total. The standard InChI is InChI=1S/C23H21N7O2/c24-14-16-8-10-17(11-9-16)25-20(31)15-29-23(32)30-19-7-3-2-6-18(19)26-21(22(30)27-29)28-12-4-1-5-13-28/h2-3,6-11H,1,4-5,12-13,15H2,(H,25,31).